The summed E-state index contributed by atoms with van der Waals surface area (Å²) in [4.78, 5) is 25.6. The zero-order valence-corrected chi connectivity index (χ0v) is 20.4. The summed E-state index contributed by atoms with van der Waals surface area (Å²) in [6.07, 6.45) is -2.53. The van der Waals surface area contributed by atoms with E-state index in [-0.39, 0.29) is 16.9 Å². The number of fused-ring (bicyclic) bond motifs is 1. The van der Waals surface area contributed by atoms with Gasteiger partial charge in [-0.05, 0) is 80.4 Å². The van der Waals surface area contributed by atoms with E-state index >= 15 is 0 Å². The van der Waals surface area contributed by atoms with Gasteiger partial charge in [-0.25, -0.2) is 0 Å². The van der Waals surface area contributed by atoms with Crippen LogP contribution in [0.25, 0.3) is 5.70 Å². The van der Waals surface area contributed by atoms with Crippen molar-refractivity contribution < 1.29 is 32.2 Å². The van der Waals surface area contributed by atoms with Crippen LogP contribution in [0.15, 0.2) is 72.8 Å². The number of halogens is 3. The third-order valence-corrected chi connectivity index (χ3v) is 5.75. The number of rotatable bonds is 6. The van der Waals surface area contributed by atoms with Gasteiger partial charge in [-0.2, -0.15) is 0 Å². The predicted octanol–water partition coefficient (Wildman–Crippen LogP) is 5.99. The smallest absolute Gasteiger partial charge is 0.497 e. The van der Waals surface area contributed by atoms with E-state index in [2.05, 4.69) is 29.2 Å². The molecule has 0 saturated heterocycles. The SMILES string of the molecule is COc1ccc2c(c1)C(=CC(=O)c1ccc(NC(=O)c3cccc(OC(F)(F)F)c3)cc1)NC(C)(C)C2. The zero-order valence-electron chi connectivity index (χ0n) is 20.4. The Morgan fingerprint density at radius 2 is 1.70 bits per heavy atom. The van der Waals surface area contributed by atoms with E-state index in [9.17, 15) is 22.8 Å². The first-order valence-corrected chi connectivity index (χ1v) is 11.4. The lowest BCUT2D eigenvalue weighted by Crippen LogP contribution is -2.43. The summed E-state index contributed by atoms with van der Waals surface area (Å²) in [6.45, 7) is 4.11. The van der Waals surface area contributed by atoms with Crippen LogP contribution < -0.4 is 20.1 Å². The Bertz CT molecular complexity index is 1360. The van der Waals surface area contributed by atoms with Crippen LogP contribution in [-0.2, 0) is 6.42 Å². The van der Waals surface area contributed by atoms with Crippen LogP contribution in [0.5, 0.6) is 11.5 Å². The van der Waals surface area contributed by atoms with Crippen LogP contribution in [0.3, 0.4) is 0 Å². The minimum Gasteiger partial charge on any atom is -0.497 e. The number of benzene rings is 3. The summed E-state index contributed by atoms with van der Waals surface area (Å²) in [6, 6.07) is 16.8. The van der Waals surface area contributed by atoms with Crippen LogP contribution in [0.1, 0.15) is 45.7 Å². The van der Waals surface area contributed by atoms with Crippen molar-refractivity contribution in [2.45, 2.75) is 32.2 Å². The highest BCUT2D eigenvalue weighted by Crippen LogP contribution is 2.32. The fraction of sp³-hybridized carbons (Fsp3) is 0.214. The molecule has 3 aromatic rings. The van der Waals surface area contributed by atoms with Crippen LogP contribution >= 0.6 is 0 Å². The first-order chi connectivity index (χ1) is 17.4. The number of carbonyl (C=O) groups is 2. The Morgan fingerprint density at radius 1 is 0.973 bits per heavy atom. The van der Waals surface area contributed by atoms with E-state index in [4.69, 9.17) is 4.74 Å². The summed E-state index contributed by atoms with van der Waals surface area (Å²) in [7, 11) is 1.59. The molecule has 0 radical (unpaired) electrons. The molecular formula is C28H25F3N2O4. The van der Waals surface area contributed by atoms with Gasteiger partial charge in [0.1, 0.15) is 11.5 Å². The Balaban J connectivity index is 1.50. The minimum atomic E-state index is -4.86. The van der Waals surface area contributed by atoms with Gasteiger partial charge < -0.3 is 20.1 Å². The number of ether oxygens (including phenoxy) is 2. The Labute approximate surface area is 212 Å². The van der Waals surface area contributed by atoms with Crippen molar-refractivity contribution in [2.75, 3.05) is 12.4 Å². The maximum Gasteiger partial charge on any atom is 0.573 e. The van der Waals surface area contributed by atoms with Crippen molar-refractivity contribution in [3.05, 3.63) is 95.1 Å². The molecule has 0 atom stereocenters. The van der Waals surface area contributed by atoms with Gasteiger partial charge in [-0.1, -0.05) is 12.1 Å². The second-order valence-electron chi connectivity index (χ2n) is 9.24. The third kappa shape index (κ3) is 6.49. The summed E-state index contributed by atoms with van der Waals surface area (Å²) in [5.74, 6) is -0.654. The molecule has 6 nitrogen and oxygen atoms in total. The Hall–Kier alpha value is -4.27. The largest absolute Gasteiger partial charge is 0.573 e. The number of methoxy groups -OCH3 is 1. The molecule has 0 aliphatic carbocycles. The van der Waals surface area contributed by atoms with Gasteiger partial charge in [0.15, 0.2) is 5.78 Å². The van der Waals surface area contributed by atoms with Crippen molar-refractivity contribution in [2.24, 2.45) is 0 Å². The van der Waals surface area contributed by atoms with E-state index in [1.54, 1.807) is 37.5 Å². The number of hydrogen-bond acceptors (Lipinski definition) is 5. The summed E-state index contributed by atoms with van der Waals surface area (Å²) < 4.78 is 46.6. The molecular weight excluding hydrogens is 485 g/mol. The predicted molar refractivity (Wildman–Crippen MR) is 134 cm³/mol. The highest BCUT2D eigenvalue weighted by Gasteiger charge is 2.31. The number of nitrogens with one attached hydrogen (secondary N) is 2. The quantitative estimate of drug-likeness (QED) is 0.315. The number of carbonyl (C=O) groups excluding carboxylic acids is 2. The molecule has 0 saturated carbocycles. The molecule has 1 heterocycles. The maximum atomic E-state index is 13.1. The van der Waals surface area contributed by atoms with E-state index < -0.39 is 18.0 Å². The zero-order chi connectivity index (χ0) is 26.8. The second-order valence-corrected chi connectivity index (χ2v) is 9.24. The highest BCUT2D eigenvalue weighted by molar-refractivity contribution is 6.09. The molecule has 0 fully saturated rings. The molecule has 0 aromatic heterocycles. The van der Waals surface area contributed by atoms with Crippen molar-refractivity contribution >= 4 is 23.1 Å². The fourth-order valence-corrected chi connectivity index (χ4v) is 4.12. The van der Waals surface area contributed by atoms with E-state index in [1.165, 1.54) is 12.1 Å². The molecule has 1 aliphatic rings. The fourth-order valence-electron chi connectivity index (χ4n) is 4.12. The van der Waals surface area contributed by atoms with E-state index in [0.717, 1.165) is 29.7 Å². The number of allylic oxidation sites excluding steroid dienone is 1. The van der Waals surface area contributed by atoms with Gasteiger partial charge in [-0.15, -0.1) is 13.2 Å². The first kappa shape index (κ1) is 25.8. The lowest BCUT2D eigenvalue weighted by atomic mass is 9.85. The van der Waals surface area contributed by atoms with Gasteiger partial charge in [0.25, 0.3) is 5.91 Å². The van der Waals surface area contributed by atoms with E-state index in [1.807, 2.05) is 18.2 Å². The maximum absolute atomic E-state index is 13.1. The Kier molecular flexibility index (Phi) is 6.98. The van der Waals surface area contributed by atoms with Crippen molar-refractivity contribution in [1.82, 2.24) is 5.32 Å². The van der Waals surface area contributed by atoms with Gasteiger partial charge in [-0.3, -0.25) is 9.59 Å². The Morgan fingerprint density at radius 3 is 2.38 bits per heavy atom. The first-order valence-electron chi connectivity index (χ1n) is 11.4. The number of amides is 1. The average Bonchev–Trinajstić information content (AvgIpc) is 2.82. The average molecular weight is 511 g/mol. The molecule has 1 aliphatic heterocycles. The van der Waals surface area contributed by atoms with Gasteiger partial charge in [0.05, 0.1) is 7.11 Å². The number of hydrogen-bond donors (Lipinski definition) is 2. The molecule has 0 bridgehead atoms. The van der Waals surface area contributed by atoms with Crippen LogP contribution in [0.4, 0.5) is 18.9 Å². The second kappa shape index (κ2) is 10.0. The van der Waals surface area contributed by atoms with Gasteiger partial charge >= 0.3 is 6.36 Å². The standard InChI is InChI=1S/C28H25F3N2O4/c1-27(2)16-19-9-12-21(36-3)14-23(19)24(33-27)15-25(34)17-7-10-20(11-8-17)32-26(35)18-5-4-6-22(13-18)37-28(29,30)31/h4-15,33H,16H2,1-3H3,(H,32,35). The minimum absolute atomic E-state index is 0.00767. The third-order valence-electron chi connectivity index (χ3n) is 5.75. The molecule has 192 valence electrons. The van der Waals surface area contributed by atoms with Crippen molar-refractivity contribution in [3.8, 4) is 11.5 Å². The molecule has 2 N–H and O–H groups in total. The number of ketones is 1. The highest BCUT2D eigenvalue weighted by atomic mass is 19.4. The molecule has 1 amide bonds. The van der Waals surface area contributed by atoms with E-state index in [0.29, 0.717) is 22.7 Å². The number of anilines is 1. The monoisotopic (exact) mass is 510 g/mol. The lowest BCUT2D eigenvalue weighted by molar-refractivity contribution is -0.274. The molecule has 9 heteroatoms. The van der Waals surface area contributed by atoms with Crippen molar-refractivity contribution in [3.63, 3.8) is 0 Å². The molecule has 0 unspecified atom stereocenters. The van der Waals surface area contributed by atoms with Crippen molar-refractivity contribution in [1.29, 1.82) is 0 Å². The van der Waals surface area contributed by atoms with Gasteiger partial charge in [0.2, 0.25) is 0 Å². The molecule has 3 aromatic carbocycles. The number of alkyl halides is 3. The molecule has 0 spiro atoms. The van der Waals surface area contributed by atoms with Crippen LogP contribution in [0, 0.1) is 0 Å². The lowest BCUT2D eigenvalue weighted by Gasteiger charge is -2.35. The summed E-state index contributed by atoms with van der Waals surface area (Å²) in [5, 5.41) is 6.03. The van der Waals surface area contributed by atoms with Gasteiger partial charge in [0, 0.05) is 39.7 Å². The molecule has 37 heavy (non-hydrogen) atoms. The summed E-state index contributed by atoms with van der Waals surface area (Å²) >= 11 is 0. The van der Waals surface area contributed by atoms with Crippen LogP contribution in [-0.4, -0.2) is 30.7 Å². The molecule has 4 rings (SSSR count). The summed E-state index contributed by atoms with van der Waals surface area (Å²) in [5.41, 5.74) is 3.22. The topological polar surface area (TPSA) is 76.7 Å². The normalized spacial score (nSPS) is 15.4. The van der Waals surface area contributed by atoms with Crippen LogP contribution in [0.2, 0.25) is 0 Å².